The maximum atomic E-state index is 13.7. The lowest BCUT2D eigenvalue weighted by Crippen LogP contribution is -2.49. The van der Waals surface area contributed by atoms with Gasteiger partial charge < -0.3 is 4.74 Å². The van der Waals surface area contributed by atoms with Crippen molar-refractivity contribution < 1.29 is 17.5 Å². The first kappa shape index (κ1) is 15.7. The monoisotopic (exact) mass is 328 g/mol. The first-order valence-electron chi connectivity index (χ1n) is 7.54. The number of rotatable bonds is 5. The second kappa shape index (κ2) is 6.14. The van der Waals surface area contributed by atoms with Crippen LogP contribution in [0, 0.1) is 5.82 Å². The molecular weight excluding hydrogens is 307 g/mol. The van der Waals surface area contributed by atoms with Crippen molar-refractivity contribution in [3.8, 4) is 5.75 Å². The predicted molar refractivity (Wildman–Crippen MR) is 81.7 cm³/mol. The molecule has 1 saturated carbocycles. The van der Waals surface area contributed by atoms with Gasteiger partial charge in [0.25, 0.3) is 0 Å². The van der Waals surface area contributed by atoms with Gasteiger partial charge in [0.05, 0.1) is 12.4 Å². The topological polar surface area (TPSA) is 49.9 Å². The highest BCUT2D eigenvalue weighted by Crippen LogP contribution is 2.31. The van der Waals surface area contributed by atoms with E-state index in [9.17, 15) is 12.8 Å². The molecule has 122 valence electrons. The van der Waals surface area contributed by atoms with E-state index in [1.807, 2.05) is 6.07 Å². The van der Waals surface area contributed by atoms with Gasteiger partial charge in [-0.05, 0) is 30.5 Å². The first-order chi connectivity index (χ1) is 10.5. The van der Waals surface area contributed by atoms with Gasteiger partial charge in [0, 0.05) is 32.7 Å². The molecule has 0 N–H and O–H groups in total. The molecule has 1 aliphatic carbocycles. The minimum absolute atomic E-state index is 0.144. The molecule has 0 radical (unpaired) electrons. The molecule has 2 aliphatic rings. The fraction of sp³-hybridized carbons (Fsp3) is 0.600. The van der Waals surface area contributed by atoms with E-state index in [1.54, 1.807) is 10.4 Å². The summed E-state index contributed by atoms with van der Waals surface area (Å²) in [6.07, 6.45) is 1.60. The molecule has 3 rings (SSSR count). The number of hydrogen-bond acceptors (Lipinski definition) is 4. The molecule has 5 nitrogen and oxygen atoms in total. The van der Waals surface area contributed by atoms with Crippen LogP contribution in [-0.2, 0) is 16.6 Å². The number of hydrogen-bond donors (Lipinski definition) is 0. The summed E-state index contributed by atoms with van der Waals surface area (Å²) >= 11 is 0. The van der Waals surface area contributed by atoms with Crippen LogP contribution in [0.1, 0.15) is 18.4 Å². The zero-order valence-electron chi connectivity index (χ0n) is 12.7. The maximum absolute atomic E-state index is 13.7. The normalized spacial score (nSPS) is 21.0. The Morgan fingerprint density at radius 2 is 1.91 bits per heavy atom. The number of nitrogens with zero attached hydrogens (tertiary/aromatic N) is 2. The fourth-order valence-corrected chi connectivity index (χ4v) is 4.61. The van der Waals surface area contributed by atoms with E-state index in [0.29, 0.717) is 32.7 Å². The van der Waals surface area contributed by atoms with Crippen LogP contribution in [0.3, 0.4) is 0 Å². The third-order valence-electron chi connectivity index (χ3n) is 4.26. The van der Waals surface area contributed by atoms with E-state index in [2.05, 4.69) is 4.90 Å². The highest BCUT2D eigenvalue weighted by molar-refractivity contribution is 7.90. The minimum Gasteiger partial charge on any atom is -0.494 e. The highest BCUT2D eigenvalue weighted by atomic mass is 32.2. The largest absolute Gasteiger partial charge is 0.494 e. The maximum Gasteiger partial charge on any atom is 0.217 e. The molecule has 1 aromatic carbocycles. The van der Waals surface area contributed by atoms with Crippen LogP contribution >= 0.6 is 0 Å². The van der Waals surface area contributed by atoms with E-state index in [4.69, 9.17) is 4.74 Å². The molecule has 1 aliphatic heterocycles. The summed E-state index contributed by atoms with van der Waals surface area (Å²) in [4.78, 5) is 2.15. The van der Waals surface area contributed by atoms with Crippen molar-refractivity contribution in [2.45, 2.75) is 24.6 Å². The van der Waals surface area contributed by atoms with Crippen molar-refractivity contribution in [2.24, 2.45) is 0 Å². The quantitative estimate of drug-likeness (QED) is 0.821. The van der Waals surface area contributed by atoms with Gasteiger partial charge in [0.1, 0.15) is 0 Å². The molecule has 22 heavy (non-hydrogen) atoms. The van der Waals surface area contributed by atoms with Crippen molar-refractivity contribution in [2.75, 3.05) is 33.3 Å². The number of piperazine rings is 1. The zero-order valence-corrected chi connectivity index (χ0v) is 13.5. The van der Waals surface area contributed by atoms with Crippen LogP contribution in [0.25, 0.3) is 0 Å². The number of benzene rings is 1. The van der Waals surface area contributed by atoms with Gasteiger partial charge in [-0.15, -0.1) is 0 Å². The van der Waals surface area contributed by atoms with Crippen molar-refractivity contribution in [1.82, 2.24) is 9.21 Å². The molecule has 0 amide bonds. The summed E-state index contributed by atoms with van der Waals surface area (Å²) in [7, 11) is -1.63. The molecule has 1 aromatic rings. The predicted octanol–water partition coefficient (Wildman–Crippen LogP) is 1.44. The van der Waals surface area contributed by atoms with E-state index in [1.165, 1.54) is 13.2 Å². The van der Waals surface area contributed by atoms with Crippen LogP contribution in [0.4, 0.5) is 4.39 Å². The second-order valence-corrected chi connectivity index (χ2v) is 8.10. The lowest BCUT2D eigenvalue weighted by atomic mass is 10.2. The Morgan fingerprint density at radius 3 is 2.45 bits per heavy atom. The Kier molecular flexibility index (Phi) is 4.38. The highest BCUT2D eigenvalue weighted by Gasteiger charge is 2.40. The standard InChI is InChI=1S/C15H21FN2O3S/c1-21-15-5-2-12(10-14(15)16)11-17-6-8-18(9-7-17)22(19,20)13-3-4-13/h2,5,10,13H,3-4,6-9,11H2,1H3. The summed E-state index contributed by atoms with van der Waals surface area (Å²) in [5.74, 6) is -0.126. The van der Waals surface area contributed by atoms with Gasteiger partial charge in [-0.3, -0.25) is 4.90 Å². The number of methoxy groups -OCH3 is 1. The summed E-state index contributed by atoms with van der Waals surface area (Å²) in [6, 6.07) is 4.94. The number of ether oxygens (including phenoxy) is 1. The van der Waals surface area contributed by atoms with Gasteiger partial charge in [-0.25, -0.2) is 12.8 Å². The number of sulfonamides is 1. The molecule has 0 aromatic heterocycles. The molecule has 0 atom stereocenters. The van der Waals surface area contributed by atoms with Gasteiger partial charge in [-0.2, -0.15) is 4.31 Å². The Bertz CT molecular complexity index is 638. The molecule has 1 saturated heterocycles. The Labute approximate surface area is 130 Å². The third-order valence-corrected chi connectivity index (χ3v) is 6.66. The van der Waals surface area contributed by atoms with Crippen LogP contribution in [0.15, 0.2) is 18.2 Å². The van der Waals surface area contributed by atoms with E-state index >= 15 is 0 Å². The van der Waals surface area contributed by atoms with Gasteiger partial charge in [0.2, 0.25) is 10.0 Å². The van der Waals surface area contributed by atoms with E-state index in [-0.39, 0.29) is 16.8 Å². The number of halogens is 1. The molecule has 1 heterocycles. The molecule has 0 bridgehead atoms. The Morgan fingerprint density at radius 1 is 1.23 bits per heavy atom. The SMILES string of the molecule is COc1ccc(CN2CCN(S(=O)(=O)C3CC3)CC2)cc1F. The average molecular weight is 328 g/mol. The van der Waals surface area contributed by atoms with Crippen LogP contribution in [0.5, 0.6) is 5.75 Å². The lowest BCUT2D eigenvalue weighted by molar-refractivity contribution is 0.181. The van der Waals surface area contributed by atoms with Crippen molar-refractivity contribution in [3.05, 3.63) is 29.6 Å². The van der Waals surface area contributed by atoms with Gasteiger partial charge in [0.15, 0.2) is 11.6 Å². The van der Waals surface area contributed by atoms with Gasteiger partial charge in [-0.1, -0.05) is 6.07 Å². The van der Waals surface area contributed by atoms with E-state index in [0.717, 1.165) is 18.4 Å². The van der Waals surface area contributed by atoms with E-state index < -0.39 is 10.0 Å². The molecule has 0 spiro atoms. The van der Waals surface area contributed by atoms with Crippen molar-refractivity contribution in [3.63, 3.8) is 0 Å². The Hall–Kier alpha value is -1.18. The lowest BCUT2D eigenvalue weighted by Gasteiger charge is -2.34. The van der Waals surface area contributed by atoms with Crippen LogP contribution in [-0.4, -0.2) is 56.2 Å². The average Bonchev–Trinajstić information content (AvgIpc) is 3.33. The molecule has 7 heteroatoms. The molecular formula is C15H21FN2O3S. The second-order valence-electron chi connectivity index (χ2n) is 5.89. The summed E-state index contributed by atoms with van der Waals surface area (Å²) < 4.78 is 44.5. The third kappa shape index (κ3) is 3.26. The minimum atomic E-state index is -3.07. The van der Waals surface area contributed by atoms with Crippen LogP contribution < -0.4 is 4.74 Å². The summed E-state index contributed by atoms with van der Waals surface area (Å²) in [6.45, 7) is 3.03. The fourth-order valence-electron chi connectivity index (χ4n) is 2.79. The molecule has 2 fully saturated rings. The van der Waals surface area contributed by atoms with Crippen LogP contribution in [0.2, 0.25) is 0 Å². The summed E-state index contributed by atoms with van der Waals surface area (Å²) in [5.41, 5.74) is 0.872. The zero-order chi connectivity index (χ0) is 15.7. The molecule has 0 unspecified atom stereocenters. The van der Waals surface area contributed by atoms with Crippen molar-refractivity contribution >= 4 is 10.0 Å². The summed E-state index contributed by atoms with van der Waals surface area (Å²) in [5, 5.41) is -0.144. The first-order valence-corrected chi connectivity index (χ1v) is 9.05. The van der Waals surface area contributed by atoms with Gasteiger partial charge >= 0.3 is 0 Å². The van der Waals surface area contributed by atoms with Crippen molar-refractivity contribution in [1.29, 1.82) is 0 Å². The smallest absolute Gasteiger partial charge is 0.217 e. The Balaban J connectivity index is 1.57.